The molecule has 0 aromatic heterocycles. The van der Waals surface area contributed by atoms with Gasteiger partial charge in [0.15, 0.2) is 0 Å². The van der Waals surface area contributed by atoms with E-state index in [0.717, 1.165) is 12.1 Å². The molecule has 0 radical (unpaired) electrons. The summed E-state index contributed by atoms with van der Waals surface area (Å²) in [6.45, 7) is 4.90. The molecule has 1 fully saturated rings. The Morgan fingerprint density at radius 2 is 1.86 bits per heavy atom. The fourth-order valence-corrected chi connectivity index (χ4v) is 3.16. The first-order valence-corrected chi connectivity index (χ1v) is 9.72. The fourth-order valence-electron chi connectivity index (χ4n) is 3.16. The minimum Gasteiger partial charge on any atom is -0.496 e. The summed E-state index contributed by atoms with van der Waals surface area (Å²) in [4.78, 5) is 27.5. The summed E-state index contributed by atoms with van der Waals surface area (Å²) in [5.41, 5.74) is 2.14. The predicted molar refractivity (Wildman–Crippen MR) is 111 cm³/mol. The third-order valence-electron chi connectivity index (χ3n) is 4.61. The standard InChI is InChI=1S/C22H26N2O5/c1-3-12-29-22(26)18-15-16(8-9-19(18)24-10-13-28-14-11-24)23-21(25)17-6-4-5-7-20(17)27-2/h4-9,15H,3,10-14H2,1-2H3,(H,23,25). The van der Waals surface area contributed by atoms with Crippen molar-refractivity contribution in [3.05, 3.63) is 53.6 Å². The number of nitrogens with one attached hydrogen (secondary N) is 1. The minimum absolute atomic E-state index is 0.311. The van der Waals surface area contributed by atoms with Crippen LogP contribution < -0.4 is 15.0 Å². The second-order valence-corrected chi connectivity index (χ2v) is 6.62. The van der Waals surface area contributed by atoms with Gasteiger partial charge in [-0.2, -0.15) is 0 Å². The fraction of sp³-hybridized carbons (Fsp3) is 0.364. The van der Waals surface area contributed by atoms with E-state index in [-0.39, 0.29) is 5.91 Å². The molecule has 1 amide bonds. The number of amides is 1. The highest BCUT2D eigenvalue weighted by Gasteiger charge is 2.21. The van der Waals surface area contributed by atoms with Crippen LogP contribution in [0.5, 0.6) is 5.75 Å². The lowest BCUT2D eigenvalue weighted by molar-refractivity contribution is 0.0504. The van der Waals surface area contributed by atoms with Crippen LogP contribution in [0, 0.1) is 0 Å². The molecular formula is C22H26N2O5. The Morgan fingerprint density at radius 3 is 2.59 bits per heavy atom. The quantitative estimate of drug-likeness (QED) is 0.721. The smallest absolute Gasteiger partial charge is 0.340 e. The Balaban J connectivity index is 1.87. The van der Waals surface area contributed by atoms with Gasteiger partial charge in [0.05, 0.1) is 43.7 Å². The first-order valence-electron chi connectivity index (χ1n) is 9.72. The summed E-state index contributed by atoms with van der Waals surface area (Å²) in [6.07, 6.45) is 0.739. The van der Waals surface area contributed by atoms with Gasteiger partial charge >= 0.3 is 5.97 Å². The number of hydrogen-bond donors (Lipinski definition) is 1. The van der Waals surface area contributed by atoms with E-state index < -0.39 is 5.97 Å². The lowest BCUT2D eigenvalue weighted by atomic mass is 10.1. The molecule has 1 heterocycles. The first-order chi connectivity index (χ1) is 14.1. The van der Waals surface area contributed by atoms with Gasteiger partial charge in [-0.25, -0.2) is 4.79 Å². The van der Waals surface area contributed by atoms with E-state index in [4.69, 9.17) is 14.2 Å². The summed E-state index contributed by atoms with van der Waals surface area (Å²) in [5.74, 6) is -0.228. The van der Waals surface area contributed by atoms with Gasteiger partial charge in [0.25, 0.3) is 5.91 Å². The van der Waals surface area contributed by atoms with Crippen molar-refractivity contribution in [1.82, 2.24) is 0 Å². The number of morpholine rings is 1. The third kappa shape index (κ3) is 5.06. The van der Waals surface area contributed by atoms with Gasteiger partial charge in [-0.3, -0.25) is 4.79 Å². The van der Waals surface area contributed by atoms with E-state index >= 15 is 0 Å². The van der Waals surface area contributed by atoms with Gasteiger partial charge in [0, 0.05) is 18.8 Å². The van der Waals surface area contributed by atoms with Crippen molar-refractivity contribution in [3.63, 3.8) is 0 Å². The lowest BCUT2D eigenvalue weighted by Crippen LogP contribution is -2.37. The molecule has 1 aliphatic heterocycles. The first kappa shape index (κ1) is 20.7. The number of anilines is 2. The molecule has 2 aromatic carbocycles. The largest absolute Gasteiger partial charge is 0.496 e. The molecule has 1 N–H and O–H groups in total. The van der Waals surface area contributed by atoms with Crippen LogP contribution in [0.2, 0.25) is 0 Å². The van der Waals surface area contributed by atoms with Gasteiger partial charge < -0.3 is 24.4 Å². The average Bonchev–Trinajstić information content (AvgIpc) is 2.77. The molecule has 0 spiro atoms. The number of hydrogen-bond acceptors (Lipinski definition) is 6. The van der Waals surface area contributed by atoms with Crippen LogP contribution in [0.25, 0.3) is 0 Å². The molecule has 154 valence electrons. The van der Waals surface area contributed by atoms with Gasteiger partial charge in [0.1, 0.15) is 5.75 Å². The number of para-hydroxylation sites is 1. The number of methoxy groups -OCH3 is 1. The zero-order valence-corrected chi connectivity index (χ0v) is 16.8. The lowest BCUT2D eigenvalue weighted by Gasteiger charge is -2.30. The number of carbonyl (C=O) groups is 2. The van der Waals surface area contributed by atoms with E-state index in [1.807, 2.05) is 13.0 Å². The van der Waals surface area contributed by atoms with E-state index in [0.29, 0.717) is 55.5 Å². The molecule has 1 saturated heterocycles. The molecule has 0 atom stereocenters. The molecule has 0 unspecified atom stereocenters. The van der Waals surface area contributed by atoms with E-state index in [1.54, 1.807) is 36.4 Å². The van der Waals surface area contributed by atoms with Crippen LogP contribution in [-0.4, -0.2) is 51.9 Å². The molecule has 1 aliphatic rings. The van der Waals surface area contributed by atoms with Crippen molar-refractivity contribution in [3.8, 4) is 5.75 Å². The zero-order chi connectivity index (χ0) is 20.6. The second kappa shape index (κ2) is 9.93. The van der Waals surface area contributed by atoms with Crippen molar-refractivity contribution in [2.45, 2.75) is 13.3 Å². The van der Waals surface area contributed by atoms with Gasteiger partial charge in [0.2, 0.25) is 0 Å². The summed E-state index contributed by atoms with van der Waals surface area (Å²) >= 11 is 0. The molecule has 7 nitrogen and oxygen atoms in total. The monoisotopic (exact) mass is 398 g/mol. The van der Waals surface area contributed by atoms with Crippen molar-refractivity contribution in [2.24, 2.45) is 0 Å². The summed E-state index contributed by atoms with van der Waals surface area (Å²) in [6, 6.07) is 12.3. The number of esters is 1. The number of rotatable bonds is 7. The van der Waals surface area contributed by atoms with Crippen LogP contribution >= 0.6 is 0 Å². The minimum atomic E-state index is -0.401. The number of carbonyl (C=O) groups excluding carboxylic acids is 2. The highest BCUT2D eigenvalue weighted by Crippen LogP contribution is 2.27. The Morgan fingerprint density at radius 1 is 1.10 bits per heavy atom. The zero-order valence-electron chi connectivity index (χ0n) is 16.8. The van der Waals surface area contributed by atoms with Crippen molar-refractivity contribution in [1.29, 1.82) is 0 Å². The maximum atomic E-state index is 12.7. The summed E-state index contributed by atoms with van der Waals surface area (Å²) < 4.78 is 16.0. The van der Waals surface area contributed by atoms with Crippen LogP contribution in [0.1, 0.15) is 34.1 Å². The Labute approximate surface area is 170 Å². The SMILES string of the molecule is CCCOC(=O)c1cc(NC(=O)c2ccccc2OC)ccc1N1CCOCC1. The van der Waals surface area contributed by atoms with E-state index in [2.05, 4.69) is 10.2 Å². The number of ether oxygens (including phenoxy) is 3. The van der Waals surface area contributed by atoms with Crippen molar-refractivity contribution >= 4 is 23.3 Å². The van der Waals surface area contributed by atoms with Crippen LogP contribution in [0.4, 0.5) is 11.4 Å². The summed E-state index contributed by atoms with van der Waals surface area (Å²) in [5, 5.41) is 2.84. The van der Waals surface area contributed by atoms with Crippen LogP contribution in [-0.2, 0) is 9.47 Å². The summed E-state index contributed by atoms with van der Waals surface area (Å²) in [7, 11) is 1.52. The van der Waals surface area contributed by atoms with E-state index in [9.17, 15) is 9.59 Å². The Bertz CT molecular complexity index is 862. The van der Waals surface area contributed by atoms with Gasteiger partial charge in [-0.15, -0.1) is 0 Å². The van der Waals surface area contributed by atoms with Gasteiger partial charge in [-0.05, 0) is 36.8 Å². The maximum Gasteiger partial charge on any atom is 0.340 e. The normalized spacial score (nSPS) is 13.7. The third-order valence-corrected chi connectivity index (χ3v) is 4.61. The van der Waals surface area contributed by atoms with Gasteiger partial charge in [-0.1, -0.05) is 19.1 Å². The second-order valence-electron chi connectivity index (χ2n) is 6.62. The van der Waals surface area contributed by atoms with Crippen LogP contribution in [0.3, 0.4) is 0 Å². The molecule has 0 bridgehead atoms. The molecule has 3 rings (SSSR count). The Kier molecular flexibility index (Phi) is 7.08. The molecular weight excluding hydrogens is 372 g/mol. The number of nitrogens with zero attached hydrogens (tertiary/aromatic N) is 1. The predicted octanol–water partition coefficient (Wildman–Crippen LogP) is 3.35. The maximum absolute atomic E-state index is 12.7. The molecule has 2 aromatic rings. The molecule has 29 heavy (non-hydrogen) atoms. The highest BCUT2D eigenvalue weighted by molar-refractivity contribution is 6.07. The topological polar surface area (TPSA) is 77.1 Å². The average molecular weight is 398 g/mol. The molecule has 0 aliphatic carbocycles. The van der Waals surface area contributed by atoms with Crippen molar-refractivity contribution in [2.75, 3.05) is 50.2 Å². The Hall–Kier alpha value is -3.06. The van der Waals surface area contributed by atoms with Crippen molar-refractivity contribution < 1.29 is 23.8 Å². The highest BCUT2D eigenvalue weighted by atomic mass is 16.5. The molecule has 7 heteroatoms. The van der Waals surface area contributed by atoms with Crippen LogP contribution in [0.15, 0.2) is 42.5 Å². The number of benzene rings is 2. The van der Waals surface area contributed by atoms with E-state index in [1.165, 1.54) is 7.11 Å². The molecule has 0 saturated carbocycles.